The van der Waals surface area contributed by atoms with Gasteiger partial charge in [0.1, 0.15) is 0 Å². The quantitative estimate of drug-likeness (QED) is 0.476. The van der Waals surface area contributed by atoms with Crippen molar-refractivity contribution in [2.24, 2.45) is 0 Å². The minimum Gasteiger partial charge on any atom is -0.477 e. The monoisotopic (exact) mass is 523 g/mol. The first-order valence-electron chi connectivity index (χ1n) is 11.8. The van der Waals surface area contributed by atoms with E-state index < -0.39 is 38.5 Å². The third kappa shape index (κ3) is 3.12. The highest BCUT2D eigenvalue weighted by Gasteiger charge is 2.73. The fourth-order valence-corrected chi connectivity index (χ4v) is 7.28. The second-order valence-electron chi connectivity index (χ2n) is 10.0. The molecule has 1 saturated carbocycles. The predicted molar refractivity (Wildman–Crippen MR) is 121 cm³/mol. The molecule has 11 heteroatoms. The van der Waals surface area contributed by atoms with Crippen molar-refractivity contribution in [3.05, 3.63) is 59.2 Å². The number of aliphatic hydroxyl groups is 1. The van der Waals surface area contributed by atoms with Gasteiger partial charge in [-0.15, -0.1) is 0 Å². The van der Waals surface area contributed by atoms with Crippen LogP contribution < -0.4 is 8.92 Å². The van der Waals surface area contributed by atoms with Gasteiger partial charge in [0, 0.05) is 24.6 Å². The van der Waals surface area contributed by atoms with E-state index in [1.165, 1.54) is 6.07 Å². The number of carbonyl (C=O) groups excluding carboxylic acids is 1. The molecule has 2 aromatic rings. The summed E-state index contributed by atoms with van der Waals surface area (Å²) >= 11 is 0. The highest BCUT2D eigenvalue weighted by molar-refractivity contribution is 7.88. The highest BCUT2D eigenvalue weighted by Crippen LogP contribution is 2.65. The van der Waals surface area contributed by atoms with Gasteiger partial charge in [-0.1, -0.05) is 36.4 Å². The van der Waals surface area contributed by atoms with Gasteiger partial charge in [-0.2, -0.15) is 21.6 Å². The van der Waals surface area contributed by atoms with Gasteiger partial charge in [-0.3, -0.25) is 9.69 Å². The molecule has 7 nitrogen and oxygen atoms in total. The summed E-state index contributed by atoms with van der Waals surface area (Å²) in [6.45, 7) is 1.25. The van der Waals surface area contributed by atoms with Crippen LogP contribution in [0.15, 0.2) is 42.5 Å². The number of hydrogen-bond donors (Lipinski definition) is 1. The lowest BCUT2D eigenvalue weighted by Crippen LogP contribution is -2.76. The average Bonchev–Trinajstić information content (AvgIpc) is 3.18. The topological polar surface area (TPSA) is 93.1 Å². The number of rotatable bonds is 5. The molecule has 1 spiro atoms. The molecule has 0 unspecified atom stereocenters. The first kappa shape index (κ1) is 23.7. The van der Waals surface area contributed by atoms with Gasteiger partial charge in [-0.25, -0.2) is 0 Å². The first-order chi connectivity index (χ1) is 17.0. The SMILES string of the molecule is O=C1CC[C@@]2(O)[C@H]3Cc4ccc(OS(=O)(=O)C(F)(F)F)c5c4[C@@]2(CCN3CCc2ccccc2)[C@H]1O5. The van der Waals surface area contributed by atoms with Crippen molar-refractivity contribution in [3.8, 4) is 11.5 Å². The second-order valence-corrected chi connectivity index (χ2v) is 11.5. The second kappa shape index (κ2) is 7.69. The number of ether oxygens (including phenoxy) is 1. The Morgan fingerprint density at radius 3 is 2.61 bits per heavy atom. The smallest absolute Gasteiger partial charge is 0.477 e. The summed E-state index contributed by atoms with van der Waals surface area (Å²) in [5.41, 5.74) is -5.85. The van der Waals surface area contributed by atoms with E-state index in [4.69, 9.17) is 4.74 Å². The number of likely N-dealkylation sites (tertiary alicyclic amines) is 1. The number of carbonyl (C=O) groups is 1. The minimum atomic E-state index is -5.94. The Morgan fingerprint density at radius 2 is 1.89 bits per heavy atom. The number of ketones is 1. The molecule has 192 valence electrons. The van der Waals surface area contributed by atoms with Crippen LogP contribution in [0.2, 0.25) is 0 Å². The zero-order valence-corrected chi connectivity index (χ0v) is 19.9. The van der Waals surface area contributed by atoms with Crippen molar-refractivity contribution in [1.82, 2.24) is 4.90 Å². The molecule has 1 saturated heterocycles. The van der Waals surface area contributed by atoms with Crippen LogP contribution >= 0.6 is 0 Å². The van der Waals surface area contributed by atoms with Crippen LogP contribution in [0.5, 0.6) is 11.5 Å². The van der Waals surface area contributed by atoms with E-state index in [1.807, 2.05) is 30.3 Å². The average molecular weight is 524 g/mol. The van der Waals surface area contributed by atoms with Crippen molar-refractivity contribution < 1.29 is 40.4 Å². The molecule has 2 bridgehead atoms. The largest absolute Gasteiger partial charge is 0.534 e. The van der Waals surface area contributed by atoms with Crippen molar-refractivity contribution in [2.45, 2.75) is 60.8 Å². The molecule has 2 heterocycles. The van der Waals surface area contributed by atoms with Gasteiger partial charge in [0.2, 0.25) is 0 Å². The van der Waals surface area contributed by atoms with Crippen LogP contribution in [-0.4, -0.2) is 60.6 Å². The minimum absolute atomic E-state index is 0.0618. The first-order valence-corrected chi connectivity index (χ1v) is 13.3. The van der Waals surface area contributed by atoms with Crippen molar-refractivity contribution in [1.29, 1.82) is 0 Å². The van der Waals surface area contributed by atoms with Gasteiger partial charge in [-0.05, 0) is 49.4 Å². The molecule has 2 fully saturated rings. The summed E-state index contributed by atoms with van der Waals surface area (Å²) in [6.07, 6.45) is 0.670. The number of hydrogen-bond acceptors (Lipinski definition) is 7. The number of Topliss-reactive ketones (excluding diaryl/α,β-unsaturated/α-hetero) is 1. The summed E-state index contributed by atoms with van der Waals surface area (Å²) in [6, 6.07) is 12.3. The third-order valence-electron chi connectivity index (χ3n) is 8.37. The van der Waals surface area contributed by atoms with Gasteiger partial charge in [0.15, 0.2) is 23.4 Å². The molecule has 0 radical (unpaired) electrons. The van der Waals surface area contributed by atoms with Gasteiger partial charge in [0.05, 0.1) is 11.0 Å². The lowest BCUT2D eigenvalue weighted by Gasteiger charge is -2.62. The van der Waals surface area contributed by atoms with Crippen LogP contribution in [0.3, 0.4) is 0 Å². The number of halogens is 3. The Labute approximate surface area is 205 Å². The molecule has 2 aliphatic carbocycles. The van der Waals surface area contributed by atoms with E-state index in [0.29, 0.717) is 31.5 Å². The Hall–Kier alpha value is -2.63. The Morgan fingerprint density at radius 1 is 1.14 bits per heavy atom. The molecular formula is C25H24F3NO6S. The Bertz CT molecular complexity index is 1350. The maximum absolute atomic E-state index is 13.0. The molecule has 2 aliphatic heterocycles. The molecule has 0 amide bonds. The summed E-state index contributed by atoms with van der Waals surface area (Å²) in [4.78, 5) is 15.2. The molecular weight excluding hydrogens is 499 g/mol. The fourth-order valence-electron chi connectivity index (χ4n) is 6.82. The Kier molecular flexibility index (Phi) is 5.07. The van der Waals surface area contributed by atoms with Crippen LogP contribution in [0.25, 0.3) is 0 Å². The van der Waals surface area contributed by atoms with E-state index in [0.717, 1.165) is 23.6 Å². The molecule has 36 heavy (non-hydrogen) atoms. The summed E-state index contributed by atoms with van der Waals surface area (Å²) in [7, 11) is -5.94. The predicted octanol–water partition coefficient (Wildman–Crippen LogP) is 2.88. The summed E-state index contributed by atoms with van der Waals surface area (Å²) in [5.74, 6) is -1.06. The van der Waals surface area contributed by atoms with Crippen LogP contribution in [0.1, 0.15) is 36.0 Å². The zero-order valence-electron chi connectivity index (χ0n) is 19.1. The molecule has 4 atom stereocenters. The molecule has 4 aliphatic rings. The maximum Gasteiger partial charge on any atom is 0.534 e. The van der Waals surface area contributed by atoms with Crippen LogP contribution in [0, 0.1) is 0 Å². The van der Waals surface area contributed by atoms with Crippen molar-refractivity contribution in [3.63, 3.8) is 0 Å². The lowest BCUT2D eigenvalue weighted by atomic mass is 9.49. The molecule has 0 aromatic heterocycles. The lowest BCUT2D eigenvalue weighted by molar-refractivity contribution is -0.188. The molecule has 1 N–H and O–H groups in total. The normalized spacial score (nSPS) is 31.1. The van der Waals surface area contributed by atoms with Crippen LogP contribution in [-0.2, 0) is 33.2 Å². The van der Waals surface area contributed by atoms with Crippen molar-refractivity contribution >= 4 is 15.9 Å². The third-order valence-corrected chi connectivity index (χ3v) is 9.33. The maximum atomic E-state index is 13.0. The zero-order chi connectivity index (χ0) is 25.5. The summed E-state index contributed by atoms with van der Waals surface area (Å²) < 4.78 is 73.0. The highest BCUT2D eigenvalue weighted by atomic mass is 32.2. The van der Waals surface area contributed by atoms with Crippen molar-refractivity contribution in [2.75, 3.05) is 13.1 Å². The summed E-state index contributed by atoms with van der Waals surface area (Å²) in [5, 5.41) is 12.2. The number of alkyl halides is 3. The van der Waals surface area contributed by atoms with Gasteiger partial charge in [0.25, 0.3) is 0 Å². The fraction of sp³-hybridized carbons (Fsp3) is 0.480. The Balaban J connectivity index is 1.42. The van der Waals surface area contributed by atoms with E-state index in [-0.39, 0.29) is 30.4 Å². The van der Waals surface area contributed by atoms with E-state index in [1.54, 1.807) is 0 Å². The van der Waals surface area contributed by atoms with Crippen LogP contribution in [0.4, 0.5) is 13.2 Å². The molecule has 6 rings (SSSR count). The van der Waals surface area contributed by atoms with Gasteiger partial charge < -0.3 is 14.0 Å². The number of benzene rings is 2. The van der Waals surface area contributed by atoms with E-state index >= 15 is 0 Å². The van der Waals surface area contributed by atoms with E-state index in [9.17, 15) is 31.5 Å². The van der Waals surface area contributed by atoms with Gasteiger partial charge >= 0.3 is 15.6 Å². The number of nitrogens with zero attached hydrogens (tertiary/aromatic N) is 1. The molecule has 2 aromatic carbocycles. The number of piperidine rings is 1. The van der Waals surface area contributed by atoms with E-state index in [2.05, 4.69) is 9.08 Å². The standard InChI is InChI=1S/C25H24F3NO6S/c26-25(27,28)36(32,33)35-18-7-6-16-14-19-24(31)10-8-17(30)22-23(24,20(16)21(18)34-22)11-13-29(19)12-9-15-4-2-1-3-5-15/h1-7,19,22,31H,8-14H2/t19-,22+,23+,24-/m1/s1.